The molecular formula is C11H11ClN2O2. The van der Waals surface area contributed by atoms with Crippen molar-refractivity contribution < 1.29 is 9.21 Å². The van der Waals surface area contributed by atoms with Gasteiger partial charge in [-0.1, -0.05) is 0 Å². The van der Waals surface area contributed by atoms with Crippen LogP contribution in [0.3, 0.4) is 0 Å². The largest absolute Gasteiger partial charge is 0.452 e. The fourth-order valence-corrected chi connectivity index (χ4v) is 1.66. The summed E-state index contributed by atoms with van der Waals surface area (Å²) in [7, 11) is 0. The van der Waals surface area contributed by atoms with Gasteiger partial charge in [-0.25, -0.2) is 0 Å². The Balaban J connectivity index is 2.24. The quantitative estimate of drug-likeness (QED) is 0.875. The molecule has 2 rings (SSSR count). The molecule has 16 heavy (non-hydrogen) atoms. The number of carbonyl (C=O) groups excluding carboxylic acids is 1. The van der Waals surface area contributed by atoms with Crippen LogP contribution in [0.5, 0.6) is 0 Å². The van der Waals surface area contributed by atoms with Gasteiger partial charge in [-0.15, -0.1) is 0 Å². The van der Waals surface area contributed by atoms with Gasteiger partial charge >= 0.3 is 0 Å². The van der Waals surface area contributed by atoms with Gasteiger partial charge in [0.05, 0.1) is 11.8 Å². The zero-order valence-corrected chi connectivity index (χ0v) is 9.71. The lowest BCUT2D eigenvalue weighted by molar-refractivity contribution is 0.101. The summed E-state index contributed by atoms with van der Waals surface area (Å²) in [6.07, 6.45) is 1.38. The predicted octanol–water partition coefficient (Wildman–Crippen LogP) is 2.74. The van der Waals surface area contributed by atoms with Crippen LogP contribution in [0.1, 0.15) is 21.7 Å². The lowest BCUT2D eigenvalue weighted by Crippen LogP contribution is -2.24. The first kappa shape index (κ1) is 10.8. The normalized spacial score (nSPS) is 10.4. The number of hydrogen-bond acceptors (Lipinski definition) is 2. The molecule has 2 aromatic rings. The standard InChI is InChI=1S/C11H11ClN2O2/c1-7-3-4-8(2)14(7)13-11(15)9-5-6-16-10(9)12/h3-6H,1-2H3,(H,13,15). The second-order valence-electron chi connectivity index (χ2n) is 3.50. The SMILES string of the molecule is Cc1ccc(C)n1NC(=O)c1ccoc1Cl. The molecule has 0 unspecified atom stereocenters. The zero-order chi connectivity index (χ0) is 11.7. The molecule has 0 saturated carbocycles. The van der Waals surface area contributed by atoms with Crippen molar-refractivity contribution >= 4 is 17.5 Å². The van der Waals surface area contributed by atoms with Crippen LogP contribution in [0.4, 0.5) is 0 Å². The van der Waals surface area contributed by atoms with E-state index in [1.165, 1.54) is 12.3 Å². The Morgan fingerprint density at radius 3 is 2.44 bits per heavy atom. The fraction of sp³-hybridized carbons (Fsp3) is 0.182. The van der Waals surface area contributed by atoms with Crippen molar-refractivity contribution in [1.82, 2.24) is 4.68 Å². The van der Waals surface area contributed by atoms with Crippen molar-refractivity contribution in [3.8, 4) is 0 Å². The lowest BCUT2D eigenvalue weighted by atomic mass is 10.3. The lowest BCUT2D eigenvalue weighted by Gasteiger charge is -2.10. The number of rotatable bonds is 2. The number of furan rings is 1. The molecule has 0 saturated heterocycles. The van der Waals surface area contributed by atoms with Crippen molar-refractivity contribution in [2.75, 3.05) is 5.43 Å². The van der Waals surface area contributed by atoms with E-state index < -0.39 is 0 Å². The van der Waals surface area contributed by atoms with Gasteiger partial charge in [0.15, 0.2) is 0 Å². The summed E-state index contributed by atoms with van der Waals surface area (Å²) in [6.45, 7) is 3.81. The van der Waals surface area contributed by atoms with Crippen LogP contribution in [0.25, 0.3) is 0 Å². The van der Waals surface area contributed by atoms with Crippen LogP contribution in [-0.4, -0.2) is 10.6 Å². The first-order valence-corrected chi connectivity index (χ1v) is 5.16. The number of halogens is 1. The predicted molar refractivity (Wildman–Crippen MR) is 61.3 cm³/mol. The van der Waals surface area contributed by atoms with Crippen LogP contribution < -0.4 is 5.43 Å². The molecule has 0 aliphatic rings. The van der Waals surface area contributed by atoms with Crippen LogP contribution in [-0.2, 0) is 0 Å². The minimum absolute atomic E-state index is 0.0972. The highest BCUT2D eigenvalue weighted by atomic mass is 35.5. The Morgan fingerprint density at radius 1 is 1.31 bits per heavy atom. The number of aryl methyl sites for hydroxylation is 2. The molecule has 0 spiro atoms. The van der Waals surface area contributed by atoms with Gasteiger partial charge in [0, 0.05) is 11.4 Å². The number of nitrogens with zero attached hydrogens (tertiary/aromatic N) is 1. The average Bonchev–Trinajstić information content (AvgIpc) is 2.79. The van der Waals surface area contributed by atoms with E-state index in [1.807, 2.05) is 26.0 Å². The Kier molecular flexibility index (Phi) is 2.75. The summed E-state index contributed by atoms with van der Waals surface area (Å²) >= 11 is 5.72. The van der Waals surface area contributed by atoms with E-state index in [2.05, 4.69) is 5.43 Å². The number of nitrogens with one attached hydrogen (secondary N) is 1. The van der Waals surface area contributed by atoms with Gasteiger partial charge in [-0.2, -0.15) is 0 Å². The molecule has 4 nitrogen and oxygen atoms in total. The third-order valence-electron chi connectivity index (χ3n) is 2.35. The summed E-state index contributed by atoms with van der Waals surface area (Å²) in [6, 6.07) is 5.38. The van der Waals surface area contributed by atoms with Gasteiger partial charge in [-0.3, -0.25) is 14.9 Å². The van der Waals surface area contributed by atoms with Crippen LogP contribution >= 0.6 is 11.6 Å². The number of aromatic nitrogens is 1. The Morgan fingerprint density at radius 2 is 1.94 bits per heavy atom. The first-order chi connectivity index (χ1) is 7.59. The molecular weight excluding hydrogens is 228 g/mol. The van der Waals surface area contributed by atoms with Crippen LogP contribution in [0, 0.1) is 13.8 Å². The zero-order valence-electron chi connectivity index (χ0n) is 8.95. The van der Waals surface area contributed by atoms with Crippen LogP contribution in [0.15, 0.2) is 28.9 Å². The molecule has 1 amide bonds. The minimum atomic E-state index is -0.291. The van der Waals surface area contributed by atoms with Crippen molar-refractivity contribution in [1.29, 1.82) is 0 Å². The minimum Gasteiger partial charge on any atom is -0.452 e. The molecule has 0 radical (unpaired) electrons. The maximum atomic E-state index is 11.8. The second kappa shape index (κ2) is 4.06. The van der Waals surface area contributed by atoms with Gasteiger partial charge in [-0.05, 0) is 43.6 Å². The highest BCUT2D eigenvalue weighted by Gasteiger charge is 2.14. The molecule has 0 aliphatic heterocycles. The molecule has 5 heteroatoms. The Hall–Kier alpha value is -1.68. The Labute approximate surface area is 97.8 Å². The fourth-order valence-electron chi connectivity index (χ4n) is 1.46. The third kappa shape index (κ3) is 1.84. The summed E-state index contributed by atoms with van der Waals surface area (Å²) in [4.78, 5) is 11.8. The van der Waals surface area contributed by atoms with Crippen LogP contribution in [0.2, 0.25) is 5.22 Å². The van der Waals surface area contributed by atoms with E-state index in [1.54, 1.807) is 4.68 Å². The van der Waals surface area contributed by atoms with Crippen molar-refractivity contribution in [2.24, 2.45) is 0 Å². The molecule has 1 N–H and O–H groups in total. The monoisotopic (exact) mass is 238 g/mol. The number of carbonyl (C=O) groups is 1. The average molecular weight is 239 g/mol. The third-order valence-corrected chi connectivity index (χ3v) is 2.64. The molecule has 0 aliphatic carbocycles. The van der Waals surface area contributed by atoms with Gasteiger partial charge in [0.1, 0.15) is 0 Å². The van der Waals surface area contributed by atoms with E-state index in [-0.39, 0.29) is 11.1 Å². The highest BCUT2D eigenvalue weighted by molar-refractivity contribution is 6.32. The first-order valence-electron chi connectivity index (χ1n) is 4.79. The topological polar surface area (TPSA) is 47.2 Å². The molecule has 0 atom stereocenters. The summed E-state index contributed by atoms with van der Waals surface area (Å²) in [5.41, 5.74) is 4.96. The van der Waals surface area contributed by atoms with Gasteiger partial charge in [0.2, 0.25) is 5.22 Å². The number of hydrogen-bond donors (Lipinski definition) is 1. The van der Waals surface area contributed by atoms with E-state index in [0.717, 1.165) is 11.4 Å². The second-order valence-corrected chi connectivity index (χ2v) is 3.84. The molecule has 0 fully saturated rings. The summed E-state index contributed by atoms with van der Waals surface area (Å²) in [5, 5.41) is 0.0972. The molecule has 0 bridgehead atoms. The molecule has 2 aromatic heterocycles. The van der Waals surface area contributed by atoms with E-state index in [4.69, 9.17) is 16.0 Å². The van der Waals surface area contributed by atoms with Crippen molar-refractivity contribution in [3.63, 3.8) is 0 Å². The Bertz CT molecular complexity index is 508. The maximum absolute atomic E-state index is 11.8. The van der Waals surface area contributed by atoms with Crippen molar-refractivity contribution in [2.45, 2.75) is 13.8 Å². The summed E-state index contributed by atoms with van der Waals surface area (Å²) in [5.74, 6) is -0.291. The highest BCUT2D eigenvalue weighted by Crippen LogP contribution is 2.17. The van der Waals surface area contributed by atoms with Gasteiger partial charge in [0.25, 0.3) is 5.91 Å². The summed E-state index contributed by atoms with van der Waals surface area (Å²) < 4.78 is 6.56. The molecule has 84 valence electrons. The number of amides is 1. The van der Waals surface area contributed by atoms with Crippen molar-refractivity contribution in [3.05, 3.63) is 46.6 Å². The smallest absolute Gasteiger partial charge is 0.274 e. The maximum Gasteiger partial charge on any atom is 0.274 e. The molecule has 0 aromatic carbocycles. The van der Waals surface area contributed by atoms with E-state index in [0.29, 0.717) is 5.56 Å². The van der Waals surface area contributed by atoms with Gasteiger partial charge < -0.3 is 4.42 Å². The van der Waals surface area contributed by atoms with E-state index in [9.17, 15) is 4.79 Å². The van der Waals surface area contributed by atoms with E-state index >= 15 is 0 Å². The molecule has 2 heterocycles.